The number of nitrogens with zero attached hydrogens (tertiary/aromatic N) is 1. The molecule has 0 saturated carbocycles. The van der Waals surface area contributed by atoms with Crippen LogP contribution < -0.4 is 5.32 Å². The minimum absolute atomic E-state index is 0.00623. The number of amides is 2. The van der Waals surface area contributed by atoms with Crippen molar-refractivity contribution in [3.63, 3.8) is 0 Å². The molecule has 1 heterocycles. The van der Waals surface area contributed by atoms with Crippen LogP contribution in [-0.2, 0) is 9.59 Å². The lowest BCUT2D eigenvalue weighted by atomic mass is 9.96. The van der Waals surface area contributed by atoms with Crippen LogP contribution in [0.2, 0.25) is 0 Å². The van der Waals surface area contributed by atoms with Crippen LogP contribution in [0.1, 0.15) is 56.3 Å². The van der Waals surface area contributed by atoms with E-state index < -0.39 is 5.97 Å². The second-order valence-electron chi connectivity index (χ2n) is 7.01. The quantitative estimate of drug-likeness (QED) is 0.780. The first-order chi connectivity index (χ1) is 12.4. The highest BCUT2D eigenvalue weighted by molar-refractivity contribution is 5.96. The zero-order chi connectivity index (χ0) is 19.1. The van der Waals surface area contributed by atoms with Crippen molar-refractivity contribution in [1.82, 2.24) is 4.90 Å². The predicted octanol–water partition coefficient (Wildman–Crippen LogP) is 3.39. The molecule has 0 spiro atoms. The van der Waals surface area contributed by atoms with Crippen molar-refractivity contribution in [1.29, 1.82) is 0 Å². The van der Waals surface area contributed by atoms with E-state index in [0.717, 1.165) is 19.3 Å². The number of benzene rings is 1. The molecular weight excluding hydrogens is 332 g/mol. The highest BCUT2D eigenvalue weighted by atomic mass is 16.4. The SMILES string of the molecule is CCCCC(C)C(=O)Nc1ccc(C(=O)N2CCC(C(=O)O)CC2)cc1. The molecule has 26 heavy (non-hydrogen) atoms. The fraction of sp³-hybridized carbons (Fsp3) is 0.550. The first-order valence-electron chi connectivity index (χ1n) is 9.35. The van der Waals surface area contributed by atoms with Crippen molar-refractivity contribution in [3.05, 3.63) is 29.8 Å². The molecule has 142 valence electrons. The predicted molar refractivity (Wildman–Crippen MR) is 100 cm³/mol. The molecule has 0 aromatic heterocycles. The Labute approximate surface area is 154 Å². The number of rotatable bonds is 7. The molecule has 2 amide bonds. The first-order valence-corrected chi connectivity index (χ1v) is 9.35. The van der Waals surface area contributed by atoms with Crippen molar-refractivity contribution >= 4 is 23.5 Å². The number of unbranched alkanes of at least 4 members (excludes halogenated alkanes) is 1. The van der Waals surface area contributed by atoms with E-state index in [1.165, 1.54) is 0 Å². The maximum absolute atomic E-state index is 12.5. The van der Waals surface area contributed by atoms with Crippen molar-refractivity contribution < 1.29 is 19.5 Å². The van der Waals surface area contributed by atoms with Crippen molar-refractivity contribution in [2.75, 3.05) is 18.4 Å². The minimum atomic E-state index is -0.787. The number of piperidine rings is 1. The van der Waals surface area contributed by atoms with Crippen LogP contribution in [0.25, 0.3) is 0 Å². The van der Waals surface area contributed by atoms with Crippen LogP contribution in [0, 0.1) is 11.8 Å². The number of carboxylic acid groups (broad SMARTS) is 1. The summed E-state index contributed by atoms with van der Waals surface area (Å²) in [5.74, 6) is -1.28. The third-order valence-corrected chi connectivity index (χ3v) is 4.97. The summed E-state index contributed by atoms with van der Waals surface area (Å²) in [6, 6.07) is 6.89. The van der Waals surface area contributed by atoms with Gasteiger partial charge in [0, 0.05) is 30.3 Å². The Kier molecular flexibility index (Phi) is 7.18. The molecular formula is C20H28N2O4. The Morgan fingerprint density at radius 2 is 1.81 bits per heavy atom. The van der Waals surface area contributed by atoms with Gasteiger partial charge in [-0.15, -0.1) is 0 Å². The second-order valence-corrected chi connectivity index (χ2v) is 7.01. The van der Waals surface area contributed by atoms with Crippen LogP contribution in [0.5, 0.6) is 0 Å². The van der Waals surface area contributed by atoms with Gasteiger partial charge in [-0.3, -0.25) is 14.4 Å². The molecule has 6 heteroatoms. The molecule has 6 nitrogen and oxygen atoms in total. The Hall–Kier alpha value is -2.37. The van der Waals surface area contributed by atoms with Crippen LogP contribution in [0.3, 0.4) is 0 Å². The zero-order valence-electron chi connectivity index (χ0n) is 15.5. The van der Waals surface area contributed by atoms with E-state index in [-0.39, 0.29) is 23.7 Å². The lowest BCUT2D eigenvalue weighted by Gasteiger charge is -2.30. The molecule has 1 saturated heterocycles. The molecule has 1 aromatic rings. The molecule has 2 rings (SSSR count). The largest absolute Gasteiger partial charge is 0.481 e. The highest BCUT2D eigenvalue weighted by Crippen LogP contribution is 2.20. The summed E-state index contributed by atoms with van der Waals surface area (Å²) in [4.78, 5) is 37.4. The van der Waals surface area contributed by atoms with Crippen LogP contribution in [-0.4, -0.2) is 40.9 Å². The van der Waals surface area contributed by atoms with Crippen molar-refractivity contribution in [2.24, 2.45) is 11.8 Å². The lowest BCUT2D eigenvalue weighted by Crippen LogP contribution is -2.40. The number of carboxylic acids is 1. The standard InChI is InChI=1S/C20H28N2O4/c1-3-4-5-14(2)18(23)21-17-8-6-15(7-9-17)19(24)22-12-10-16(11-13-22)20(25)26/h6-9,14,16H,3-5,10-13H2,1-2H3,(H,21,23)(H,25,26). The summed E-state index contributed by atoms with van der Waals surface area (Å²) < 4.78 is 0. The Morgan fingerprint density at radius 3 is 2.35 bits per heavy atom. The lowest BCUT2D eigenvalue weighted by molar-refractivity contribution is -0.143. The highest BCUT2D eigenvalue weighted by Gasteiger charge is 2.27. The van der Waals surface area contributed by atoms with E-state index in [9.17, 15) is 14.4 Å². The maximum atomic E-state index is 12.5. The molecule has 0 radical (unpaired) electrons. The van der Waals surface area contributed by atoms with Crippen molar-refractivity contribution in [2.45, 2.75) is 46.0 Å². The number of nitrogens with one attached hydrogen (secondary N) is 1. The molecule has 0 aliphatic carbocycles. The van der Waals surface area contributed by atoms with Crippen LogP contribution in [0.15, 0.2) is 24.3 Å². The van der Waals surface area contributed by atoms with E-state index in [2.05, 4.69) is 12.2 Å². The average Bonchev–Trinajstić information content (AvgIpc) is 2.66. The van der Waals surface area contributed by atoms with E-state index in [0.29, 0.717) is 37.2 Å². The van der Waals surface area contributed by atoms with E-state index in [4.69, 9.17) is 5.11 Å². The number of aliphatic carboxylic acids is 1. The summed E-state index contributed by atoms with van der Waals surface area (Å²) >= 11 is 0. The molecule has 1 aromatic carbocycles. The van der Waals surface area contributed by atoms with Gasteiger partial charge < -0.3 is 15.3 Å². The molecule has 1 unspecified atom stereocenters. The summed E-state index contributed by atoms with van der Waals surface area (Å²) in [7, 11) is 0. The van der Waals surface area contributed by atoms with Crippen LogP contribution in [0.4, 0.5) is 5.69 Å². The molecule has 1 atom stereocenters. The summed E-state index contributed by atoms with van der Waals surface area (Å²) in [6.45, 7) is 4.95. The average molecular weight is 360 g/mol. The van der Waals surface area contributed by atoms with Gasteiger partial charge in [0.15, 0.2) is 0 Å². The number of likely N-dealkylation sites (tertiary alicyclic amines) is 1. The number of carbonyl (C=O) groups excluding carboxylic acids is 2. The maximum Gasteiger partial charge on any atom is 0.306 e. The fourth-order valence-electron chi connectivity index (χ4n) is 3.12. The summed E-state index contributed by atoms with van der Waals surface area (Å²) in [5.41, 5.74) is 1.23. The van der Waals surface area contributed by atoms with Gasteiger partial charge >= 0.3 is 5.97 Å². The number of carbonyl (C=O) groups is 3. The third-order valence-electron chi connectivity index (χ3n) is 4.97. The zero-order valence-corrected chi connectivity index (χ0v) is 15.5. The van der Waals surface area contributed by atoms with Gasteiger partial charge in [0.05, 0.1) is 5.92 Å². The van der Waals surface area contributed by atoms with Gasteiger partial charge in [-0.1, -0.05) is 26.7 Å². The molecule has 2 N–H and O–H groups in total. The van der Waals surface area contributed by atoms with Gasteiger partial charge in [-0.2, -0.15) is 0 Å². The Bertz CT molecular complexity index is 634. The normalized spacial score (nSPS) is 16.2. The van der Waals surface area contributed by atoms with Crippen LogP contribution >= 0.6 is 0 Å². The minimum Gasteiger partial charge on any atom is -0.481 e. The summed E-state index contributed by atoms with van der Waals surface area (Å²) in [6.07, 6.45) is 3.94. The van der Waals surface area contributed by atoms with Gasteiger partial charge in [0.2, 0.25) is 5.91 Å². The fourth-order valence-corrected chi connectivity index (χ4v) is 3.12. The monoisotopic (exact) mass is 360 g/mol. The molecule has 0 bridgehead atoms. The molecule has 1 aliphatic rings. The van der Waals surface area contributed by atoms with E-state index >= 15 is 0 Å². The van der Waals surface area contributed by atoms with Crippen molar-refractivity contribution in [3.8, 4) is 0 Å². The molecule has 1 fully saturated rings. The topological polar surface area (TPSA) is 86.7 Å². The second kappa shape index (κ2) is 9.36. The van der Waals surface area contributed by atoms with Gasteiger partial charge in [0.25, 0.3) is 5.91 Å². The first kappa shape index (κ1) is 19.9. The summed E-state index contributed by atoms with van der Waals surface area (Å²) in [5, 5.41) is 11.9. The van der Waals surface area contributed by atoms with E-state index in [1.54, 1.807) is 29.2 Å². The van der Waals surface area contributed by atoms with Gasteiger partial charge in [-0.05, 0) is 43.5 Å². The molecule has 1 aliphatic heterocycles. The Balaban J connectivity index is 1.89. The number of hydrogen-bond donors (Lipinski definition) is 2. The number of anilines is 1. The third kappa shape index (κ3) is 5.31. The number of hydrogen-bond acceptors (Lipinski definition) is 3. The van der Waals surface area contributed by atoms with Gasteiger partial charge in [0.1, 0.15) is 0 Å². The van der Waals surface area contributed by atoms with E-state index in [1.807, 2.05) is 6.92 Å². The Morgan fingerprint density at radius 1 is 1.19 bits per heavy atom. The smallest absolute Gasteiger partial charge is 0.306 e. The van der Waals surface area contributed by atoms with Gasteiger partial charge in [-0.25, -0.2) is 0 Å².